The zero-order valence-corrected chi connectivity index (χ0v) is 9.41. The molecule has 0 N–H and O–H groups in total. The zero-order valence-electron chi connectivity index (χ0n) is 7.83. The monoisotopic (exact) mass is 251 g/mol. The highest BCUT2D eigenvalue weighted by atomic mass is 79.9. The van der Waals surface area contributed by atoms with Crippen molar-refractivity contribution in [2.75, 3.05) is 6.61 Å². The van der Waals surface area contributed by atoms with E-state index in [1.165, 1.54) is 0 Å². The molecule has 1 aromatic heterocycles. The van der Waals surface area contributed by atoms with Crippen LogP contribution >= 0.6 is 15.9 Å². The van der Waals surface area contributed by atoms with Crippen molar-refractivity contribution in [3.05, 3.63) is 34.9 Å². The Balaban J connectivity index is 2.67. The fraction of sp³-hybridized carbons (Fsp3) is 0.182. The van der Waals surface area contributed by atoms with Gasteiger partial charge in [-0.05, 0) is 35.0 Å². The summed E-state index contributed by atoms with van der Waals surface area (Å²) < 4.78 is 6.34. The Kier molecular flexibility index (Phi) is 2.68. The van der Waals surface area contributed by atoms with E-state index < -0.39 is 0 Å². The Bertz CT molecular complexity index is 456. The molecule has 0 bridgehead atoms. The van der Waals surface area contributed by atoms with E-state index in [2.05, 4.69) is 20.9 Å². The normalized spacial score (nSPS) is 10.4. The molecule has 2 aromatic rings. The van der Waals surface area contributed by atoms with Crippen LogP contribution in [0.1, 0.15) is 6.92 Å². The van der Waals surface area contributed by atoms with Gasteiger partial charge in [-0.1, -0.05) is 12.1 Å². The summed E-state index contributed by atoms with van der Waals surface area (Å²) in [5.41, 5.74) is 0.949. The van der Waals surface area contributed by atoms with Crippen LogP contribution in [0.25, 0.3) is 10.9 Å². The van der Waals surface area contributed by atoms with Gasteiger partial charge in [0.2, 0.25) is 0 Å². The Morgan fingerprint density at radius 1 is 1.36 bits per heavy atom. The zero-order chi connectivity index (χ0) is 9.97. The Labute approximate surface area is 91.0 Å². The molecule has 1 heterocycles. The minimum atomic E-state index is 0.667. The van der Waals surface area contributed by atoms with Crippen LogP contribution in [0.4, 0.5) is 0 Å². The summed E-state index contributed by atoms with van der Waals surface area (Å²) >= 11 is 3.36. The lowest BCUT2D eigenvalue weighted by atomic mass is 10.2. The van der Waals surface area contributed by atoms with Gasteiger partial charge < -0.3 is 4.74 Å². The van der Waals surface area contributed by atoms with Crippen molar-refractivity contribution in [1.82, 2.24) is 4.98 Å². The molecule has 0 radical (unpaired) electrons. The lowest BCUT2D eigenvalue weighted by Crippen LogP contribution is -1.93. The summed E-state index contributed by atoms with van der Waals surface area (Å²) in [4.78, 5) is 4.36. The second-order valence-electron chi connectivity index (χ2n) is 2.89. The van der Waals surface area contributed by atoms with Crippen LogP contribution in [-0.2, 0) is 0 Å². The van der Waals surface area contributed by atoms with Gasteiger partial charge in [-0.25, -0.2) is 4.98 Å². The average Bonchev–Trinajstić information content (AvgIpc) is 2.18. The Morgan fingerprint density at radius 2 is 2.14 bits per heavy atom. The molecule has 0 unspecified atom stereocenters. The summed E-state index contributed by atoms with van der Waals surface area (Å²) in [5.74, 6) is 0.880. The van der Waals surface area contributed by atoms with Crippen LogP contribution < -0.4 is 4.74 Å². The first kappa shape index (κ1) is 9.46. The van der Waals surface area contributed by atoms with Gasteiger partial charge in [0.05, 0.1) is 12.1 Å². The first-order valence-electron chi connectivity index (χ1n) is 4.49. The molecule has 2 rings (SSSR count). The number of aromatic nitrogens is 1. The third kappa shape index (κ3) is 1.73. The third-order valence-electron chi connectivity index (χ3n) is 1.95. The van der Waals surface area contributed by atoms with Crippen LogP contribution in [0, 0.1) is 0 Å². The number of halogens is 1. The molecular weight excluding hydrogens is 242 g/mol. The largest absolute Gasteiger partial charge is 0.493 e. The first-order valence-corrected chi connectivity index (χ1v) is 5.28. The molecular formula is C11H10BrNO. The third-order valence-corrected chi connectivity index (χ3v) is 2.35. The van der Waals surface area contributed by atoms with E-state index in [-0.39, 0.29) is 0 Å². The standard InChI is InChI=1S/C11H10BrNO/c1-2-14-10-7-11(12)13-9-6-4-3-5-8(9)10/h3-7H,2H2,1H3. The van der Waals surface area contributed by atoms with Crippen molar-refractivity contribution in [2.24, 2.45) is 0 Å². The molecule has 2 nitrogen and oxygen atoms in total. The minimum Gasteiger partial charge on any atom is -0.493 e. The summed E-state index contributed by atoms with van der Waals surface area (Å²) in [6, 6.07) is 9.84. The quantitative estimate of drug-likeness (QED) is 0.764. The van der Waals surface area contributed by atoms with Gasteiger partial charge in [0.15, 0.2) is 0 Å². The van der Waals surface area contributed by atoms with E-state index in [4.69, 9.17) is 4.74 Å². The average molecular weight is 252 g/mol. The van der Waals surface area contributed by atoms with Gasteiger partial charge in [0.25, 0.3) is 0 Å². The van der Waals surface area contributed by atoms with E-state index in [0.717, 1.165) is 21.3 Å². The molecule has 0 saturated carbocycles. The number of pyridine rings is 1. The molecule has 0 saturated heterocycles. The molecule has 1 aromatic carbocycles. The van der Waals surface area contributed by atoms with E-state index in [9.17, 15) is 0 Å². The number of para-hydroxylation sites is 1. The molecule has 0 aliphatic carbocycles. The van der Waals surface area contributed by atoms with Crippen molar-refractivity contribution >= 4 is 26.8 Å². The number of fused-ring (bicyclic) bond motifs is 1. The fourth-order valence-corrected chi connectivity index (χ4v) is 1.79. The Morgan fingerprint density at radius 3 is 2.93 bits per heavy atom. The highest BCUT2D eigenvalue weighted by Crippen LogP contribution is 2.27. The van der Waals surface area contributed by atoms with Gasteiger partial charge in [0, 0.05) is 11.5 Å². The van der Waals surface area contributed by atoms with Crippen LogP contribution in [0.3, 0.4) is 0 Å². The molecule has 0 fully saturated rings. The lowest BCUT2D eigenvalue weighted by Gasteiger charge is -2.07. The second-order valence-corrected chi connectivity index (χ2v) is 3.71. The number of hydrogen-bond acceptors (Lipinski definition) is 2. The molecule has 3 heteroatoms. The number of benzene rings is 1. The van der Waals surface area contributed by atoms with E-state index >= 15 is 0 Å². The summed E-state index contributed by atoms with van der Waals surface area (Å²) in [6.07, 6.45) is 0. The smallest absolute Gasteiger partial charge is 0.131 e. The van der Waals surface area contributed by atoms with Gasteiger partial charge >= 0.3 is 0 Å². The van der Waals surface area contributed by atoms with E-state index in [1.807, 2.05) is 37.3 Å². The highest BCUT2D eigenvalue weighted by molar-refractivity contribution is 9.10. The van der Waals surface area contributed by atoms with Gasteiger partial charge in [-0.2, -0.15) is 0 Å². The maximum Gasteiger partial charge on any atom is 0.131 e. The summed E-state index contributed by atoms with van der Waals surface area (Å²) in [7, 11) is 0. The van der Waals surface area contributed by atoms with Gasteiger partial charge in [-0.15, -0.1) is 0 Å². The number of nitrogens with zero attached hydrogens (tertiary/aromatic N) is 1. The van der Waals surface area contributed by atoms with Crippen LogP contribution in [0.5, 0.6) is 5.75 Å². The SMILES string of the molecule is CCOc1cc(Br)nc2ccccc12. The number of hydrogen-bond donors (Lipinski definition) is 0. The lowest BCUT2D eigenvalue weighted by molar-refractivity contribution is 0.344. The van der Waals surface area contributed by atoms with Gasteiger partial charge in [-0.3, -0.25) is 0 Å². The van der Waals surface area contributed by atoms with E-state index in [0.29, 0.717) is 6.61 Å². The minimum absolute atomic E-state index is 0.667. The second kappa shape index (κ2) is 3.96. The molecule has 0 spiro atoms. The number of ether oxygens (including phenoxy) is 1. The maximum absolute atomic E-state index is 5.53. The van der Waals surface area contributed by atoms with Crippen molar-refractivity contribution in [1.29, 1.82) is 0 Å². The van der Waals surface area contributed by atoms with Crippen LogP contribution in [0.2, 0.25) is 0 Å². The predicted molar refractivity (Wildman–Crippen MR) is 60.6 cm³/mol. The number of rotatable bonds is 2. The molecule has 0 atom stereocenters. The topological polar surface area (TPSA) is 22.1 Å². The van der Waals surface area contributed by atoms with Gasteiger partial charge in [0.1, 0.15) is 10.4 Å². The maximum atomic E-state index is 5.53. The van der Waals surface area contributed by atoms with Crippen LogP contribution in [-0.4, -0.2) is 11.6 Å². The first-order chi connectivity index (χ1) is 6.81. The van der Waals surface area contributed by atoms with Crippen molar-refractivity contribution in [3.63, 3.8) is 0 Å². The van der Waals surface area contributed by atoms with Crippen molar-refractivity contribution in [2.45, 2.75) is 6.92 Å². The van der Waals surface area contributed by atoms with E-state index in [1.54, 1.807) is 0 Å². The highest BCUT2D eigenvalue weighted by Gasteiger charge is 2.03. The fourth-order valence-electron chi connectivity index (χ4n) is 1.39. The van der Waals surface area contributed by atoms with Crippen molar-refractivity contribution < 1.29 is 4.74 Å². The molecule has 0 amide bonds. The predicted octanol–water partition coefficient (Wildman–Crippen LogP) is 3.40. The molecule has 0 aliphatic heterocycles. The molecule has 0 aliphatic rings. The van der Waals surface area contributed by atoms with Crippen LogP contribution in [0.15, 0.2) is 34.9 Å². The molecule has 14 heavy (non-hydrogen) atoms. The summed E-state index contributed by atoms with van der Waals surface area (Å²) in [6.45, 7) is 2.64. The van der Waals surface area contributed by atoms with Crippen molar-refractivity contribution in [3.8, 4) is 5.75 Å². The summed E-state index contributed by atoms with van der Waals surface area (Å²) in [5, 5.41) is 1.05. The molecule has 72 valence electrons. The Hall–Kier alpha value is -1.09.